The molecule has 10 nitrogen and oxygen atoms in total. The van der Waals surface area contributed by atoms with Gasteiger partial charge in [0.2, 0.25) is 5.78 Å². The van der Waals surface area contributed by atoms with Gasteiger partial charge in [-0.15, -0.1) is 0 Å². The molecule has 1 aromatic heterocycles. The van der Waals surface area contributed by atoms with Crippen molar-refractivity contribution in [3.63, 3.8) is 0 Å². The van der Waals surface area contributed by atoms with Crippen LogP contribution in [0, 0.1) is 0 Å². The maximum atomic E-state index is 12.9. The van der Waals surface area contributed by atoms with Crippen LogP contribution in [0.2, 0.25) is 0 Å². The number of ketones is 1. The van der Waals surface area contributed by atoms with E-state index in [1.165, 1.54) is 33.4 Å². The third-order valence-electron chi connectivity index (χ3n) is 5.01. The normalized spacial score (nSPS) is 10.5. The molecule has 0 saturated carbocycles. The Balaban J connectivity index is 1.91. The van der Waals surface area contributed by atoms with Gasteiger partial charge < -0.3 is 19.9 Å². The number of benzene rings is 2. The van der Waals surface area contributed by atoms with Crippen LogP contribution in [0.5, 0.6) is 11.5 Å². The number of hydrogen-bond donors (Lipinski definition) is 1. The van der Waals surface area contributed by atoms with Crippen LogP contribution in [0.3, 0.4) is 0 Å². The van der Waals surface area contributed by atoms with Crippen molar-refractivity contribution in [1.82, 2.24) is 9.13 Å². The first-order chi connectivity index (χ1) is 15.8. The average Bonchev–Trinajstić information content (AvgIpc) is 2.84. The fourth-order valence-corrected chi connectivity index (χ4v) is 3.29. The van der Waals surface area contributed by atoms with E-state index in [2.05, 4.69) is 0 Å². The van der Waals surface area contributed by atoms with Crippen molar-refractivity contribution >= 4 is 17.6 Å². The summed E-state index contributed by atoms with van der Waals surface area (Å²) < 4.78 is 17.4. The molecule has 0 fully saturated rings. The van der Waals surface area contributed by atoms with Gasteiger partial charge in [0.15, 0.2) is 6.61 Å². The Labute approximate surface area is 188 Å². The number of carbonyl (C=O) groups excluding carboxylic acids is 2. The molecule has 0 aliphatic heterocycles. The van der Waals surface area contributed by atoms with Gasteiger partial charge >= 0.3 is 11.7 Å². The van der Waals surface area contributed by atoms with Crippen LogP contribution in [-0.2, 0) is 18.3 Å². The molecule has 3 aromatic rings. The molecular weight excluding hydrogens is 430 g/mol. The first-order valence-electron chi connectivity index (χ1n) is 9.84. The third kappa shape index (κ3) is 4.64. The summed E-state index contributed by atoms with van der Waals surface area (Å²) in [6.45, 7) is -0.721. The number of ether oxygens (including phenoxy) is 3. The molecule has 1 heterocycles. The van der Waals surface area contributed by atoms with E-state index < -0.39 is 35.2 Å². The largest absolute Gasteiger partial charge is 0.496 e. The Hall–Kier alpha value is -4.34. The molecule has 33 heavy (non-hydrogen) atoms. The highest BCUT2D eigenvalue weighted by molar-refractivity contribution is 6.03. The maximum Gasteiger partial charge on any atom is 0.346 e. The van der Waals surface area contributed by atoms with Crippen LogP contribution in [0.25, 0.3) is 0 Å². The number of nitrogen functional groups attached to an aromatic ring is 1. The molecule has 0 aliphatic carbocycles. The monoisotopic (exact) mass is 453 g/mol. The van der Waals surface area contributed by atoms with E-state index in [0.29, 0.717) is 0 Å². The molecule has 2 N–H and O–H groups in total. The van der Waals surface area contributed by atoms with E-state index in [0.717, 1.165) is 14.7 Å². The fourth-order valence-electron chi connectivity index (χ4n) is 3.29. The minimum Gasteiger partial charge on any atom is -0.496 e. The summed E-state index contributed by atoms with van der Waals surface area (Å²) in [5.74, 6) is -1.65. The van der Waals surface area contributed by atoms with E-state index in [1.54, 1.807) is 30.3 Å². The number of esters is 1. The van der Waals surface area contributed by atoms with Gasteiger partial charge in [-0.3, -0.25) is 18.7 Å². The Morgan fingerprint density at radius 3 is 2.09 bits per heavy atom. The number of rotatable bonds is 8. The highest BCUT2D eigenvalue weighted by Gasteiger charge is 2.25. The average molecular weight is 453 g/mol. The summed E-state index contributed by atoms with van der Waals surface area (Å²) >= 11 is 0. The van der Waals surface area contributed by atoms with Crippen molar-refractivity contribution in [2.24, 2.45) is 7.05 Å². The summed E-state index contributed by atoms with van der Waals surface area (Å²) in [7, 11) is 3.99. The number of nitrogens with zero attached hydrogens (tertiary/aromatic N) is 2. The van der Waals surface area contributed by atoms with Crippen LogP contribution < -0.4 is 26.5 Å². The predicted molar refractivity (Wildman–Crippen MR) is 120 cm³/mol. The molecule has 0 saturated heterocycles. The summed E-state index contributed by atoms with van der Waals surface area (Å²) in [5.41, 5.74) is 4.81. The molecule has 0 bridgehead atoms. The molecule has 0 amide bonds. The van der Waals surface area contributed by atoms with Crippen molar-refractivity contribution in [2.75, 3.05) is 26.6 Å². The molecule has 2 aromatic carbocycles. The topological polar surface area (TPSA) is 132 Å². The smallest absolute Gasteiger partial charge is 0.346 e. The molecule has 10 heteroatoms. The van der Waals surface area contributed by atoms with E-state index in [1.807, 2.05) is 6.07 Å². The van der Waals surface area contributed by atoms with Gasteiger partial charge in [0.25, 0.3) is 5.56 Å². The second-order valence-corrected chi connectivity index (χ2v) is 7.02. The number of aromatic nitrogens is 2. The van der Waals surface area contributed by atoms with Crippen LogP contribution in [0.4, 0.5) is 5.82 Å². The summed E-state index contributed by atoms with van der Waals surface area (Å²) in [6.07, 6.45) is 0. The molecule has 3 rings (SSSR count). The van der Waals surface area contributed by atoms with Gasteiger partial charge in [0.05, 0.1) is 20.8 Å². The van der Waals surface area contributed by atoms with E-state index in [4.69, 9.17) is 19.9 Å². The van der Waals surface area contributed by atoms with Crippen LogP contribution in [0.1, 0.15) is 26.3 Å². The number of anilines is 1. The van der Waals surface area contributed by atoms with Crippen molar-refractivity contribution in [1.29, 1.82) is 0 Å². The molecule has 0 unspecified atom stereocenters. The van der Waals surface area contributed by atoms with Gasteiger partial charge in [0, 0.05) is 7.05 Å². The van der Waals surface area contributed by atoms with Gasteiger partial charge in [0.1, 0.15) is 28.4 Å². The van der Waals surface area contributed by atoms with Gasteiger partial charge in [-0.05, 0) is 17.7 Å². The number of hydrogen-bond acceptors (Lipinski definition) is 8. The van der Waals surface area contributed by atoms with Gasteiger partial charge in [-0.2, -0.15) is 0 Å². The summed E-state index contributed by atoms with van der Waals surface area (Å²) in [6, 6.07) is 13.6. The highest BCUT2D eigenvalue weighted by Crippen LogP contribution is 2.29. The quantitative estimate of drug-likeness (QED) is 0.398. The minimum atomic E-state index is -0.884. The van der Waals surface area contributed by atoms with Crippen molar-refractivity contribution in [2.45, 2.75) is 6.54 Å². The molecule has 0 atom stereocenters. The summed E-state index contributed by atoms with van der Waals surface area (Å²) in [4.78, 5) is 50.7. The number of methoxy groups -OCH3 is 2. The molecule has 0 radical (unpaired) electrons. The van der Waals surface area contributed by atoms with Crippen molar-refractivity contribution in [3.05, 3.63) is 86.1 Å². The highest BCUT2D eigenvalue weighted by atomic mass is 16.5. The number of nitrogens with two attached hydrogens (primary N) is 1. The van der Waals surface area contributed by atoms with Crippen LogP contribution >= 0.6 is 0 Å². The zero-order chi connectivity index (χ0) is 24.1. The lowest BCUT2D eigenvalue weighted by atomic mass is 10.1. The molecular formula is C23H23N3O7. The Bertz CT molecular complexity index is 1290. The van der Waals surface area contributed by atoms with E-state index >= 15 is 0 Å². The summed E-state index contributed by atoms with van der Waals surface area (Å²) in [5, 5.41) is 0. The third-order valence-corrected chi connectivity index (χ3v) is 5.01. The second kappa shape index (κ2) is 9.86. The Morgan fingerprint density at radius 2 is 1.52 bits per heavy atom. The van der Waals surface area contributed by atoms with Crippen molar-refractivity contribution < 1.29 is 23.8 Å². The minimum absolute atomic E-state index is 0.00905. The van der Waals surface area contributed by atoms with Crippen LogP contribution in [-0.4, -0.2) is 41.7 Å². The molecule has 0 aliphatic rings. The van der Waals surface area contributed by atoms with E-state index in [9.17, 15) is 19.2 Å². The number of Topliss-reactive ketones (excluding diaryl/α,β-unsaturated/α-hetero) is 1. The number of carbonyl (C=O) groups is 2. The van der Waals surface area contributed by atoms with Gasteiger partial charge in [-0.1, -0.05) is 36.4 Å². The Morgan fingerprint density at radius 1 is 0.909 bits per heavy atom. The Kier molecular flexibility index (Phi) is 6.97. The SMILES string of the molecule is COc1cccc(OC)c1C(=O)OCC(=O)c1c(N)n(Cc2ccccc2)c(=O)n(C)c1=O. The van der Waals surface area contributed by atoms with E-state index in [-0.39, 0.29) is 29.4 Å². The standard InChI is InChI=1S/C23H23N3O7/c1-25-21(28)18(20(24)26(23(25)30)12-14-8-5-4-6-9-14)15(27)13-33-22(29)19-16(31-2)10-7-11-17(19)32-3/h4-11H,12-13,24H2,1-3H3. The lowest BCUT2D eigenvalue weighted by molar-refractivity contribution is 0.0467. The molecule has 0 spiro atoms. The fraction of sp³-hybridized carbons (Fsp3) is 0.217. The lowest BCUT2D eigenvalue weighted by Crippen LogP contribution is -2.43. The molecule has 172 valence electrons. The first-order valence-corrected chi connectivity index (χ1v) is 9.84. The maximum absolute atomic E-state index is 12.9. The van der Waals surface area contributed by atoms with Gasteiger partial charge in [-0.25, -0.2) is 9.59 Å². The van der Waals surface area contributed by atoms with Crippen LogP contribution in [0.15, 0.2) is 58.1 Å². The predicted octanol–water partition coefficient (Wildman–Crippen LogP) is 1.23. The second-order valence-electron chi connectivity index (χ2n) is 7.02. The zero-order valence-corrected chi connectivity index (χ0v) is 18.4. The zero-order valence-electron chi connectivity index (χ0n) is 18.4. The first kappa shape index (κ1) is 23.3. The van der Waals surface area contributed by atoms with Crippen molar-refractivity contribution in [3.8, 4) is 11.5 Å². The lowest BCUT2D eigenvalue weighted by Gasteiger charge is -2.15.